The molecule has 1 aliphatic heterocycles. The van der Waals surface area contributed by atoms with Gasteiger partial charge in [0.2, 0.25) is 11.8 Å². The predicted molar refractivity (Wildman–Crippen MR) is 110 cm³/mol. The predicted octanol–water partition coefficient (Wildman–Crippen LogP) is 2.95. The highest BCUT2D eigenvalue weighted by Crippen LogP contribution is 2.24. The SMILES string of the molecule is N[C@H]1CC[C@H](COc2ccnc(Nc3ccc(N4CCOCC4)cc3)n2)CC1. The van der Waals surface area contributed by atoms with Gasteiger partial charge in [-0.05, 0) is 55.9 Å². The van der Waals surface area contributed by atoms with Crippen LogP contribution < -0.4 is 20.7 Å². The van der Waals surface area contributed by atoms with Crippen molar-refractivity contribution < 1.29 is 9.47 Å². The first-order valence-electron chi connectivity index (χ1n) is 10.2. The summed E-state index contributed by atoms with van der Waals surface area (Å²) in [6.45, 7) is 4.13. The van der Waals surface area contributed by atoms with E-state index in [1.807, 2.05) is 12.1 Å². The normalized spacial score (nSPS) is 22.7. The van der Waals surface area contributed by atoms with Gasteiger partial charge < -0.3 is 25.4 Å². The molecule has 2 fully saturated rings. The number of ether oxygens (including phenoxy) is 2. The van der Waals surface area contributed by atoms with Crippen molar-refractivity contribution in [2.75, 3.05) is 43.1 Å². The Hall–Kier alpha value is -2.38. The van der Waals surface area contributed by atoms with Crippen molar-refractivity contribution in [3.8, 4) is 5.88 Å². The van der Waals surface area contributed by atoms with E-state index in [0.29, 0.717) is 30.4 Å². The van der Waals surface area contributed by atoms with Gasteiger partial charge in [-0.1, -0.05) is 0 Å². The van der Waals surface area contributed by atoms with Crippen LogP contribution in [0.5, 0.6) is 5.88 Å². The van der Waals surface area contributed by atoms with Crippen molar-refractivity contribution in [3.05, 3.63) is 36.5 Å². The molecule has 2 heterocycles. The van der Waals surface area contributed by atoms with E-state index in [0.717, 1.165) is 57.7 Å². The zero-order valence-corrected chi connectivity index (χ0v) is 16.2. The summed E-state index contributed by atoms with van der Waals surface area (Å²) in [5, 5.41) is 3.26. The Morgan fingerprint density at radius 1 is 1.07 bits per heavy atom. The number of nitrogens with one attached hydrogen (secondary N) is 1. The van der Waals surface area contributed by atoms with E-state index in [-0.39, 0.29) is 0 Å². The second kappa shape index (κ2) is 9.21. The summed E-state index contributed by atoms with van der Waals surface area (Å²) in [6.07, 6.45) is 6.17. The quantitative estimate of drug-likeness (QED) is 0.793. The van der Waals surface area contributed by atoms with E-state index in [1.54, 1.807) is 12.3 Å². The van der Waals surface area contributed by atoms with Crippen LogP contribution >= 0.6 is 0 Å². The van der Waals surface area contributed by atoms with Crippen molar-refractivity contribution in [3.63, 3.8) is 0 Å². The third-order valence-corrected chi connectivity index (χ3v) is 5.49. The molecule has 0 spiro atoms. The Balaban J connectivity index is 1.31. The van der Waals surface area contributed by atoms with Crippen LogP contribution in [0.2, 0.25) is 0 Å². The number of benzene rings is 1. The van der Waals surface area contributed by atoms with Crippen molar-refractivity contribution >= 4 is 17.3 Å². The fraction of sp³-hybridized carbons (Fsp3) is 0.524. The summed E-state index contributed by atoms with van der Waals surface area (Å²) >= 11 is 0. The molecule has 0 bridgehead atoms. The molecule has 1 saturated carbocycles. The highest BCUT2D eigenvalue weighted by Gasteiger charge is 2.19. The topological polar surface area (TPSA) is 85.5 Å². The van der Waals surface area contributed by atoms with E-state index in [1.165, 1.54) is 5.69 Å². The number of nitrogens with zero attached hydrogens (tertiary/aromatic N) is 3. The van der Waals surface area contributed by atoms with Gasteiger partial charge in [0.1, 0.15) is 0 Å². The summed E-state index contributed by atoms with van der Waals surface area (Å²) in [7, 11) is 0. The number of hydrogen-bond donors (Lipinski definition) is 2. The molecule has 4 rings (SSSR count). The first-order valence-corrected chi connectivity index (χ1v) is 10.2. The Morgan fingerprint density at radius 2 is 1.82 bits per heavy atom. The van der Waals surface area contributed by atoms with Gasteiger partial charge in [0.25, 0.3) is 0 Å². The third kappa shape index (κ3) is 5.11. The molecule has 150 valence electrons. The molecule has 0 radical (unpaired) electrons. The molecular formula is C21H29N5O2. The van der Waals surface area contributed by atoms with E-state index < -0.39 is 0 Å². The maximum atomic E-state index is 5.97. The average molecular weight is 383 g/mol. The number of hydrogen-bond acceptors (Lipinski definition) is 7. The Morgan fingerprint density at radius 3 is 2.57 bits per heavy atom. The Kier molecular flexibility index (Phi) is 6.24. The third-order valence-electron chi connectivity index (χ3n) is 5.49. The number of anilines is 3. The number of morpholine rings is 1. The summed E-state index contributed by atoms with van der Waals surface area (Å²) in [5.41, 5.74) is 8.13. The maximum absolute atomic E-state index is 5.97. The van der Waals surface area contributed by atoms with Crippen molar-refractivity contribution in [1.29, 1.82) is 0 Å². The molecule has 28 heavy (non-hydrogen) atoms. The zero-order chi connectivity index (χ0) is 19.2. The van der Waals surface area contributed by atoms with Crippen LogP contribution in [0.4, 0.5) is 17.3 Å². The standard InChI is InChI=1S/C21H29N5O2/c22-17-3-1-16(2-4-17)15-28-20-9-10-23-21(25-20)24-18-5-7-19(8-6-18)26-11-13-27-14-12-26/h5-10,16-17H,1-4,11-15,22H2,(H,23,24,25)/t16-,17-. The van der Waals surface area contributed by atoms with Crippen LogP contribution in [0.15, 0.2) is 36.5 Å². The summed E-state index contributed by atoms with van der Waals surface area (Å²) in [6, 6.07) is 10.5. The largest absolute Gasteiger partial charge is 0.477 e. The minimum atomic E-state index is 0.362. The van der Waals surface area contributed by atoms with Crippen LogP contribution in [0.3, 0.4) is 0 Å². The number of rotatable bonds is 6. The van der Waals surface area contributed by atoms with Crippen LogP contribution in [0, 0.1) is 5.92 Å². The van der Waals surface area contributed by atoms with Crippen LogP contribution in [0.1, 0.15) is 25.7 Å². The lowest BCUT2D eigenvalue weighted by Crippen LogP contribution is -2.36. The molecule has 1 saturated heterocycles. The van der Waals surface area contributed by atoms with Crippen molar-refractivity contribution in [1.82, 2.24) is 9.97 Å². The van der Waals surface area contributed by atoms with Crippen LogP contribution in [-0.4, -0.2) is 48.9 Å². The smallest absolute Gasteiger partial charge is 0.230 e. The molecular weight excluding hydrogens is 354 g/mol. The maximum Gasteiger partial charge on any atom is 0.230 e. The summed E-state index contributed by atoms with van der Waals surface area (Å²) < 4.78 is 11.3. The lowest BCUT2D eigenvalue weighted by atomic mass is 9.87. The van der Waals surface area contributed by atoms with Crippen molar-refractivity contribution in [2.24, 2.45) is 11.7 Å². The van der Waals surface area contributed by atoms with Gasteiger partial charge in [0.05, 0.1) is 19.8 Å². The molecule has 2 aromatic rings. The van der Waals surface area contributed by atoms with Gasteiger partial charge in [0.15, 0.2) is 0 Å². The van der Waals surface area contributed by atoms with E-state index in [2.05, 4.69) is 32.3 Å². The fourth-order valence-corrected chi connectivity index (χ4v) is 3.75. The molecule has 7 nitrogen and oxygen atoms in total. The molecule has 3 N–H and O–H groups in total. The molecule has 1 aromatic heterocycles. The van der Waals surface area contributed by atoms with Crippen LogP contribution in [-0.2, 0) is 4.74 Å². The number of nitrogens with two attached hydrogens (primary N) is 1. The molecule has 1 aromatic carbocycles. The van der Waals surface area contributed by atoms with E-state index in [4.69, 9.17) is 15.2 Å². The van der Waals surface area contributed by atoms with Crippen molar-refractivity contribution in [2.45, 2.75) is 31.7 Å². The van der Waals surface area contributed by atoms with Crippen LogP contribution in [0.25, 0.3) is 0 Å². The first-order chi connectivity index (χ1) is 13.8. The lowest BCUT2D eigenvalue weighted by molar-refractivity contribution is 0.122. The Labute approximate surface area is 166 Å². The lowest BCUT2D eigenvalue weighted by Gasteiger charge is -2.28. The van der Waals surface area contributed by atoms with Gasteiger partial charge in [0, 0.05) is 42.8 Å². The molecule has 7 heteroatoms. The summed E-state index contributed by atoms with van der Waals surface area (Å²) in [5.74, 6) is 1.72. The highest BCUT2D eigenvalue weighted by atomic mass is 16.5. The van der Waals surface area contributed by atoms with Gasteiger partial charge in [-0.3, -0.25) is 0 Å². The monoisotopic (exact) mass is 383 g/mol. The van der Waals surface area contributed by atoms with E-state index >= 15 is 0 Å². The minimum Gasteiger partial charge on any atom is -0.477 e. The van der Waals surface area contributed by atoms with Gasteiger partial charge >= 0.3 is 0 Å². The van der Waals surface area contributed by atoms with Gasteiger partial charge in [-0.2, -0.15) is 4.98 Å². The molecule has 0 unspecified atom stereocenters. The highest BCUT2D eigenvalue weighted by molar-refractivity contribution is 5.59. The second-order valence-electron chi connectivity index (χ2n) is 7.58. The first kappa shape index (κ1) is 19.0. The second-order valence-corrected chi connectivity index (χ2v) is 7.58. The minimum absolute atomic E-state index is 0.362. The molecule has 2 aliphatic rings. The average Bonchev–Trinajstić information content (AvgIpc) is 2.75. The van der Waals surface area contributed by atoms with Gasteiger partial charge in [-0.15, -0.1) is 0 Å². The molecule has 1 aliphatic carbocycles. The van der Waals surface area contributed by atoms with Gasteiger partial charge in [-0.25, -0.2) is 4.98 Å². The fourth-order valence-electron chi connectivity index (χ4n) is 3.75. The molecule has 0 atom stereocenters. The van der Waals surface area contributed by atoms with E-state index in [9.17, 15) is 0 Å². The Bertz CT molecular complexity index is 741. The number of aromatic nitrogens is 2. The molecule has 0 amide bonds. The zero-order valence-electron chi connectivity index (χ0n) is 16.2. The summed E-state index contributed by atoms with van der Waals surface area (Å²) in [4.78, 5) is 11.1.